The van der Waals surface area contributed by atoms with E-state index in [2.05, 4.69) is 0 Å². The largest absolute Gasteiger partial charge is 0.527 e. The van der Waals surface area contributed by atoms with Crippen LogP contribution >= 0.6 is 0 Å². The Morgan fingerprint density at radius 3 is 1.53 bits per heavy atom. The van der Waals surface area contributed by atoms with Crippen LogP contribution in [-0.2, 0) is 14.3 Å². The van der Waals surface area contributed by atoms with E-state index in [1.807, 2.05) is 4.74 Å². The first-order chi connectivity index (χ1) is 7.26. The normalized spacial score (nSPS) is 13.6. The predicted octanol–water partition coefficient (Wildman–Crippen LogP) is 2.21. The molecule has 0 aliphatic carbocycles. The van der Waals surface area contributed by atoms with Crippen LogP contribution in [-0.4, -0.2) is 30.2 Å². The quantitative estimate of drug-likeness (QED) is 0.583. The molecule has 0 unspecified atom stereocenters. The summed E-state index contributed by atoms with van der Waals surface area (Å²) >= 11 is 0. The molecular weight excluding hydrogens is 272 g/mol. The number of carbonyl (C=O) groups excluding carboxylic acids is 2. The zero-order valence-electron chi connectivity index (χ0n) is 7.46. The molecule has 0 saturated carbocycles. The Hall–Kier alpha value is -1.26. The Morgan fingerprint density at radius 1 is 0.824 bits per heavy atom. The predicted molar refractivity (Wildman–Crippen MR) is 32.8 cm³/mol. The summed E-state index contributed by atoms with van der Waals surface area (Å²) in [5.74, 6) is -5.83. The Kier molecular flexibility index (Phi) is 4.21. The molecule has 0 aromatic carbocycles. The second-order valence-corrected chi connectivity index (χ2v) is 2.59. The van der Waals surface area contributed by atoms with Crippen LogP contribution in [0, 0.1) is 0 Å². The van der Waals surface area contributed by atoms with Gasteiger partial charge in [-0.1, -0.05) is 0 Å². The van der Waals surface area contributed by atoms with Crippen LogP contribution in [0.5, 0.6) is 0 Å². The Bertz CT molecular complexity index is 314. The first-order valence-corrected chi connectivity index (χ1v) is 3.54. The van der Waals surface area contributed by atoms with Crippen molar-refractivity contribution >= 4 is 11.6 Å². The summed E-state index contributed by atoms with van der Waals surface area (Å²) in [4.78, 5) is 20.4. The van der Waals surface area contributed by atoms with Gasteiger partial charge in [-0.15, -0.1) is 13.2 Å². The van der Waals surface area contributed by atoms with Crippen molar-refractivity contribution < 1.29 is 49.4 Å². The van der Waals surface area contributed by atoms with E-state index in [9.17, 15) is 44.7 Å². The number of alkyl halides is 8. The molecule has 0 aromatic rings. The molecule has 0 rings (SSSR count). The highest BCUT2D eigenvalue weighted by Crippen LogP contribution is 2.30. The van der Waals surface area contributed by atoms with Crippen LogP contribution in [0.3, 0.4) is 0 Å². The maximum Gasteiger partial charge on any atom is 0.527 e. The van der Waals surface area contributed by atoms with Crippen LogP contribution < -0.4 is 0 Å². The fraction of sp³-hybridized carbons (Fsp3) is 0.667. The Morgan fingerprint density at radius 2 is 1.24 bits per heavy atom. The lowest BCUT2D eigenvalue weighted by atomic mass is 10.2. The third kappa shape index (κ3) is 5.56. The number of rotatable bonds is 4. The van der Waals surface area contributed by atoms with Crippen LogP contribution in [0.2, 0.25) is 0 Å². The SMILES string of the molecule is O=C(CC(=O)C(F)(F)OC(F)(F)F)C(F)(F)F. The van der Waals surface area contributed by atoms with Crippen molar-refractivity contribution in [1.29, 1.82) is 0 Å². The first kappa shape index (κ1) is 15.7. The molecule has 0 amide bonds. The highest BCUT2D eigenvalue weighted by atomic mass is 19.4. The van der Waals surface area contributed by atoms with Crippen molar-refractivity contribution in [2.75, 3.05) is 0 Å². The molecule has 0 saturated heterocycles. The molecule has 0 aromatic heterocycles. The third-order valence-electron chi connectivity index (χ3n) is 1.21. The molecule has 0 aliphatic rings. The van der Waals surface area contributed by atoms with Gasteiger partial charge >= 0.3 is 18.6 Å². The summed E-state index contributed by atoms with van der Waals surface area (Å²) in [6.07, 6.45) is -19.5. The average molecular weight is 274 g/mol. The number of carbonyl (C=O) groups is 2. The van der Waals surface area contributed by atoms with E-state index >= 15 is 0 Å². The second kappa shape index (κ2) is 4.55. The summed E-state index contributed by atoms with van der Waals surface area (Å²) in [7, 11) is 0. The van der Waals surface area contributed by atoms with Gasteiger partial charge in [0.05, 0.1) is 6.42 Å². The van der Waals surface area contributed by atoms with Gasteiger partial charge in [0.1, 0.15) is 0 Å². The molecule has 0 bridgehead atoms. The lowest BCUT2D eigenvalue weighted by Crippen LogP contribution is -2.40. The highest BCUT2D eigenvalue weighted by Gasteiger charge is 2.52. The van der Waals surface area contributed by atoms with Crippen molar-refractivity contribution in [2.45, 2.75) is 25.1 Å². The molecule has 17 heavy (non-hydrogen) atoms. The summed E-state index contributed by atoms with van der Waals surface area (Å²) in [6, 6.07) is 0. The second-order valence-electron chi connectivity index (χ2n) is 2.59. The molecular formula is C6H2F8O3. The third-order valence-corrected chi connectivity index (χ3v) is 1.21. The number of halogens is 8. The number of hydrogen-bond donors (Lipinski definition) is 0. The highest BCUT2D eigenvalue weighted by molar-refractivity contribution is 6.03. The van der Waals surface area contributed by atoms with Gasteiger partial charge in [0.15, 0.2) is 0 Å². The molecule has 0 heterocycles. The molecule has 3 nitrogen and oxygen atoms in total. The summed E-state index contributed by atoms with van der Waals surface area (Å²) in [5, 5.41) is 0. The molecule has 0 N–H and O–H groups in total. The van der Waals surface area contributed by atoms with E-state index in [1.165, 1.54) is 0 Å². The fourth-order valence-electron chi connectivity index (χ4n) is 0.551. The van der Waals surface area contributed by atoms with Gasteiger partial charge in [-0.05, 0) is 0 Å². The lowest BCUT2D eigenvalue weighted by Gasteiger charge is -2.16. The van der Waals surface area contributed by atoms with Crippen molar-refractivity contribution in [3.8, 4) is 0 Å². The van der Waals surface area contributed by atoms with Crippen molar-refractivity contribution in [3.05, 3.63) is 0 Å². The number of ether oxygens (including phenoxy) is 1. The number of hydrogen-bond acceptors (Lipinski definition) is 3. The van der Waals surface area contributed by atoms with Crippen molar-refractivity contribution in [2.24, 2.45) is 0 Å². The van der Waals surface area contributed by atoms with Gasteiger partial charge < -0.3 is 0 Å². The smallest absolute Gasteiger partial charge is 0.289 e. The van der Waals surface area contributed by atoms with E-state index in [0.29, 0.717) is 0 Å². The van der Waals surface area contributed by atoms with Crippen LogP contribution in [0.1, 0.15) is 6.42 Å². The number of ketones is 2. The average Bonchev–Trinajstić information content (AvgIpc) is 1.96. The zero-order valence-corrected chi connectivity index (χ0v) is 7.46. The van der Waals surface area contributed by atoms with Crippen LogP contribution in [0.25, 0.3) is 0 Å². The maximum absolute atomic E-state index is 12.3. The maximum atomic E-state index is 12.3. The van der Waals surface area contributed by atoms with Gasteiger partial charge in [-0.25, -0.2) is 4.74 Å². The molecule has 0 aliphatic heterocycles. The van der Waals surface area contributed by atoms with E-state index in [4.69, 9.17) is 0 Å². The summed E-state index contributed by atoms with van der Waals surface area (Å²) in [5.41, 5.74) is 0. The Balaban J connectivity index is 4.67. The van der Waals surface area contributed by atoms with E-state index in [0.717, 1.165) is 0 Å². The molecule has 0 fully saturated rings. The van der Waals surface area contributed by atoms with Gasteiger partial charge in [0.25, 0.3) is 0 Å². The molecule has 0 atom stereocenters. The van der Waals surface area contributed by atoms with Crippen LogP contribution in [0.4, 0.5) is 35.1 Å². The van der Waals surface area contributed by atoms with Gasteiger partial charge in [0, 0.05) is 0 Å². The van der Waals surface area contributed by atoms with Gasteiger partial charge in [-0.2, -0.15) is 22.0 Å². The van der Waals surface area contributed by atoms with E-state index in [1.54, 1.807) is 0 Å². The van der Waals surface area contributed by atoms with Gasteiger partial charge in [0.2, 0.25) is 11.6 Å². The van der Waals surface area contributed by atoms with Crippen molar-refractivity contribution in [3.63, 3.8) is 0 Å². The molecule has 0 radical (unpaired) electrons. The first-order valence-electron chi connectivity index (χ1n) is 3.54. The topological polar surface area (TPSA) is 43.4 Å². The van der Waals surface area contributed by atoms with E-state index < -0.39 is 36.6 Å². The molecule has 0 spiro atoms. The molecule has 11 heteroatoms. The summed E-state index contributed by atoms with van der Waals surface area (Å²) < 4.78 is 95.0. The minimum Gasteiger partial charge on any atom is -0.289 e. The van der Waals surface area contributed by atoms with Crippen molar-refractivity contribution in [1.82, 2.24) is 0 Å². The minimum atomic E-state index is -5.93. The number of Topliss-reactive ketones (excluding diaryl/α,β-unsaturated/α-hetero) is 2. The Labute approximate surface area is 87.3 Å². The zero-order chi connectivity index (χ0) is 14.1. The standard InChI is InChI=1S/C6H2F8O3/c7-4(8,9)2(15)1-3(16)5(10,11)17-6(12,13)14/h1H2. The van der Waals surface area contributed by atoms with Crippen LogP contribution in [0.15, 0.2) is 0 Å². The van der Waals surface area contributed by atoms with Gasteiger partial charge in [-0.3, -0.25) is 9.59 Å². The monoisotopic (exact) mass is 274 g/mol. The fourth-order valence-corrected chi connectivity index (χ4v) is 0.551. The summed E-state index contributed by atoms with van der Waals surface area (Å²) in [6.45, 7) is 0. The minimum absolute atomic E-state index is 2.00. The lowest BCUT2D eigenvalue weighted by molar-refractivity contribution is -0.409. The molecule has 100 valence electrons. The van der Waals surface area contributed by atoms with E-state index in [-0.39, 0.29) is 0 Å².